The number of nitrogens with zero attached hydrogens (tertiary/aromatic N) is 5. The average Bonchev–Trinajstić information content (AvgIpc) is 3.39. The molecule has 0 radical (unpaired) electrons. The quantitative estimate of drug-likeness (QED) is 0.436. The molecule has 4 heterocycles. The second-order valence-electron chi connectivity index (χ2n) is 8.02. The fourth-order valence-electron chi connectivity index (χ4n) is 4.59. The Morgan fingerprint density at radius 3 is 2.66 bits per heavy atom. The molecule has 0 aromatic carbocycles. The topological polar surface area (TPSA) is 99.4 Å². The summed E-state index contributed by atoms with van der Waals surface area (Å²) in [4.78, 5) is 41.5. The lowest BCUT2D eigenvalue weighted by Gasteiger charge is -2.33. The van der Waals surface area contributed by atoms with Gasteiger partial charge in [-0.1, -0.05) is 0 Å². The van der Waals surface area contributed by atoms with Crippen molar-refractivity contribution in [2.24, 2.45) is 5.92 Å². The number of carbonyl (C=O) groups excluding carboxylic acids is 2. The fourth-order valence-corrected chi connectivity index (χ4v) is 6.34. The van der Waals surface area contributed by atoms with E-state index in [0.29, 0.717) is 35.1 Å². The monoisotopic (exact) mass is 481 g/mol. The molecule has 2 atom stereocenters. The minimum atomic E-state index is -1.13. The number of hydrogen-bond acceptors (Lipinski definition) is 9. The SMILES string of the molecule is CCOC(=O)C[C@H]1CSC[C@]1(C(=O)OCC)n1cnc2c(N3CCCCC3)nc(Cl)nc21. The number of fused-ring (bicyclic) bond motifs is 1. The zero-order valence-electron chi connectivity index (χ0n) is 18.4. The van der Waals surface area contributed by atoms with Crippen LogP contribution in [-0.2, 0) is 24.6 Å². The number of aromatic nitrogens is 4. The highest BCUT2D eigenvalue weighted by molar-refractivity contribution is 7.99. The third-order valence-electron chi connectivity index (χ3n) is 6.10. The van der Waals surface area contributed by atoms with Crippen molar-refractivity contribution in [3.8, 4) is 0 Å². The van der Waals surface area contributed by atoms with Crippen molar-refractivity contribution in [2.45, 2.75) is 45.1 Å². The van der Waals surface area contributed by atoms with Gasteiger partial charge in [0.2, 0.25) is 5.28 Å². The van der Waals surface area contributed by atoms with Gasteiger partial charge in [-0.05, 0) is 50.5 Å². The lowest BCUT2D eigenvalue weighted by Crippen LogP contribution is -2.49. The third-order valence-corrected chi connectivity index (χ3v) is 7.55. The molecule has 0 unspecified atom stereocenters. The maximum atomic E-state index is 13.4. The summed E-state index contributed by atoms with van der Waals surface area (Å²) in [5, 5.41) is 0.103. The van der Waals surface area contributed by atoms with Gasteiger partial charge in [0.1, 0.15) is 0 Å². The molecule has 32 heavy (non-hydrogen) atoms. The van der Waals surface area contributed by atoms with E-state index in [9.17, 15) is 9.59 Å². The third kappa shape index (κ3) is 4.14. The standard InChI is InChI=1S/C21H28ClN5O4S/c1-3-30-15(28)10-14-11-32-12-21(14,19(29)31-4-2)27-13-23-16-17(24-20(22)25-18(16)27)26-8-6-5-7-9-26/h13-14H,3-12H2,1-2H3/t14-,21-/m0/s1. The lowest BCUT2D eigenvalue weighted by molar-refractivity contribution is -0.156. The van der Waals surface area contributed by atoms with Gasteiger partial charge in [-0.2, -0.15) is 21.7 Å². The lowest BCUT2D eigenvalue weighted by atomic mass is 9.84. The molecule has 9 nitrogen and oxygen atoms in total. The number of rotatable bonds is 7. The summed E-state index contributed by atoms with van der Waals surface area (Å²) in [6.07, 6.45) is 5.07. The van der Waals surface area contributed by atoms with Crippen LogP contribution < -0.4 is 4.90 Å². The van der Waals surface area contributed by atoms with E-state index < -0.39 is 11.5 Å². The Hall–Kier alpha value is -2.07. The van der Waals surface area contributed by atoms with Crippen LogP contribution in [0.2, 0.25) is 5.28 Å². The Kier molecular flexibility index (Phi) is 7.09. The summed E-state index contributed by atoms with van der Waals surface area (Å²) in [7, 11) is 0. The number of ether oxygens (including phenoxy) is 2. The fraction of sp³-hybridized carbons (Fsp3) is 0.667. The van der Waals surface area contributed by atoms with Crippen LogP contribution in [0.3, 0.4) is 0 Å². The minimum Gasteiger partial charge on any atom is -0.466 e. The average molecular weight is 482 g/mol. The maximum absolute atomic E-state index is 13.4. The molecule has 2 aromatic rings. The van der Waals surface area contributed by atoms with Gasteiger partial charge < -0.3 is 14.4 Å². The smallest absolute Gasteiger partial charge is 0.333 e. The van der Waals surface area contributed by atoms with Crippen LogP contribution in [0.4, 0.5) is 5.82 Å². The van der Waals surface area contributed by atoms with E-state index in [1.54, 1.807) is 36.5 Å². The first-order chi connectivity index (χ1) is 15.5. The van der Waals surface area contributed by atoms with Crippen molar-refractivity contribution < 1.29 is 19.1 Å². The number of esters is 2. The number of piperidine rings is 1. The zero-order valence-corrected chi connectivity index (χ0v) is 20.0. The van der Waals surface area contributed by atoms with Crippen LogP contribution in [0.1, 0.15) is 39.5 Å². The normalized spacial score (nSPS) is 23.5. The molecule has 0 N–H and O–H groups in total. The molecule has 2 saturated heterocycles. The van der Waals surface area contributed by atoms with Crippen LogP contribution in [0.5, 0.6) is 0 Å². The van der Waals surface area contributed by atoms with Gasteiger partial charge in [0, 0.05) is 24.8 Å². The van der Waals surface area contributed by atoms with E-state index in [4.69, 9.17) is 21.1 Å². The van der Waals surface area contributed by atoms with Crippen molar-refractivity contribution >= 4 is 52.3 Å². The van der Waals surface area contributed by atoms with E-state index in [0.717, 1.165) is 25.9 Å². The number of carbonyl (C=O) groups is 2. The molecule has 0 bridgehead atoms. The molecular weight excluding hydrogens is 454 g/mol. The van der Waals surface area contributed by atoms with Crippen LogP contribution >= 0.6 is 23.4 Å². The number of anilines is 1. The second-order valence-corrected chi connectivity index (χ2v) is 9.38. The maximum Gasteiger partial charge on any atom is 0.333 e. The molecule has 2 aromatic heterocycles. The Balaban J connectivity index is 1.83. The number of thioether (sulfide) groups is 1. The van der Waals surface area contributed by atoms with Gasteiger partial charge in [-0.25, -0.2) is 9.78 Å². The van der Waals surface area contributed by atoms with E-state index in [-0.39, 0.29) is 30.2 Å². The summed E-state index contributed by atoms with van der Waals surface area (Å²) < 4.78 is 12.4. The Labute approximate surface area is 196 Å². The summed E-state index contributed by atoms with van der Waals surface area (Å²) in [5.41, 5.74) is -0.0410. The highest BCUT2D eigenvalue weighted by Crippen LogP contribution is 2.45. The van der Waals surface area contributed by atoms with Gasteiger partial charge in [-0.3, -0.25) is 9.36 Å². The zero-order chi connectivity index (χ0) is 22.7. The van der Waals surface area contributed by atoms with Crippen LogP contribution in [-0.4, -0.2) is 69.3 Å². The second kappa shape index (κ2) is 9.82. The predicted molar refractivity (Wildman–Crippen MR) is 123 cm³/mol. The van der Waals surface area contributed by atoms with Crippen molar-refractivity contribution in [3.05, 3.63) is 11.6 Å². The molecule has 174 valence electrons. The molecule has 0 aliphatic carbocycles. The van der Waals surface area contributed by atoms with Crippen LogP contribution in [0.15, 0.2) is 6.33 Å². The van der Waals surface area contributed by atoms with Gasteiger partial charge in [0.25, 0.3) is 0 Å². The van der Waals surface area contributed by atoms with Gasteiger partial charge in [0.05, 0.1) is 26.0 Å². The van der Waals surface area contributed by atoms with E-state index >= 15 is 0 Å². The van der Waals surface area contributed by atoms with Gasteiger partial charge in [-0.15, -0.1) is 0 Å². The summed E-state index contributed by atoms with van der Waals surface area (Å²) in [5.74, 6) is 0.699. The van der Waals surface area contributed by atoms with E-state index in [1.165, 1.54) is 6.42 Å². The molecular formula is C21H28ClN5O4S. The molecule has 0 saturated carbocycles. The van der Waals surface area contributed by atoms with Crippen LogP contribution in [0, 0.1) is 5.92 Å². The predicted octanol–water partition coefficient (Wildman–Crippen LogP) is 3.04. The highest BCUT2D eigenvalue weighted by Gasteiger charge is 2.54. The summed E-state index contributed by atoms with van der Waals surface area (Å²) in [6.45, 7) is 5.82. The number of halogens is 1. The number of hydrogen-bond donors (Lipinski definition) is 0. The first-order valence-corrected chi connectivity index (χ1v) is 12.6. The Morgan fingerprint density at radius 2 is 1.94 bits per heavy atom. The molecule has 11 heteroatoms. The van der Waals surface area contributed by atoms with Crippen molar-refractivity contribution in [1.29, 1.82) is 0 Å². The molecule has 2 aliphatic heterocycles. The van der Waals surface area contributed by atoms with Crippen molar-refractivity contribution in [2.75, 3.05) is 42.7 Å². The molecule has 0 amide bonds. The summed E-state index contributed by atoms with van der Waals surface area (Å²) in [6, 6.07) is 0. The molecule has 4 rings (SSSR count). The molecule has 2 aliphatic rings. The first kappa shape index (κ1) is 23.1. The summed E-state index contributed by atoms with van der Waals surface area (Å²) >= 11 is 7.94. The molecule has 2 fully saturated rings. The van der Waals surface area contributed by atoms with Gasteiger partial charge >= 0.3 is 11.9 Å². The molecule has 0 spiro atoms. The number of imidazole rings is 1. The Morgan fingerprint density at radius 1 is 1.19 bits per heavy atom. The largest absolute Gasteiger partial charge is 0.466 e. The Bertz CT molecular complexity index is 996. The minimum absolute atomic E-state index is 0.103. The van der Waals surface area contributed by atoms with Gasteiger partial charge in [0.15, 0.2) is 22.5 Å². The highest BCUT2D eigenvalue weighted by atomic mass is 35.5. The van der Waals surface area contributed by atoms with E-state index in [1.807, 2.05) is 0 Å². The van der Waals surface area contributed by atoms with E-state index in [2.05, 4.69) is 19.9 Å². The van der Waals surface area contributed by atoms with Crippen LogP contribution in [0.25, 0.3) is 11.2 Å². The van der Waals surface area contributed by atoms with Crippen molar-refractivity contribution in [1.82, 2.24) is 19.5 Å². The first-order valence-electron chi connectivity index (χ1n) is 11.1. The van der Waals surface area contributed by atoms with Crippen molar-refractivity contribution in [3.63, 3.8) is 0 Å².